The SMILES string of the molecule is CC(C)CN[C@H](CNC(=O)c1ccc(Cl)s1)C(=O)Nc1ccc(N2CCOCC2=O)cc1C(F)(F)F. The Hall–Kier alpha value is -2.67. The van der Waals surface area contributed by atoms with Gasteiger partial charge in [-0.15, -0.1) is 11.3 Å². The highest BCUT2D eigenvalue weighted by molar-refractivity contribution is 7.18. The first-order chi connectivity index (χ1) is 17.0. The molecule has 0 bridgehead atoms. The number of hydrogen-bond donors (Lipinski definition) is 3. The average Bonchev–Trinajstić information content (AvgIpc) is 3.25. The molecule has 0 saturated carbocycles. The molecule has 3 N–H and O–H groups in total. The van der Waals surface area contributed by atoms with Gasteiger partial charge in [0.1, 0.15) is 12.6 Å². The van der Waals surface area contributed by atoms with Gasteiger partial charge in [-0.25, -0.2) is 0 Å². The van der Waals surface area contributed by atoms with Crippen molar-refractivity contribution < 1.29 is 32.3 Å². The van der Waals surface area contributed by atoms with Crippen molar-refractivity contribution in [3.63, 3.8) is 0 Å². The molecule has 2 aromatic rings. The van der Waals surface area contributed by atoms with Gasteiger partial charge in [0.2, 0.25) is 5.91 Å². The van der Waals surface area contributed by atoms with E-state index >= 15 is 0 Å². The Labute approximate surface area is 215 Å². The van der Waals surface area contributed by atoms with Crippen LogP contribution in [0.5, 0.6) is 0 Å². The summed E-state index contributed by atoms with van der Waals surface area (Å²) in [6, 6.07) is 5.38. The lowest BCUT2D eigenvalue weighted by molar-refractivity contribution is -0.137. The van der Waals surface area contributed by atoms with Crippen molar-refractivity contribution in [2.24, 2.45) is 5.92 Å². The number of halogens is 4. The van der Waals surface area contributed by atoms with Crippen molar-refractivity contribution in [2.45, 2.75) is 26.1 Å². The van der Waals surface area contributed by atoms with E-state index < -0.39 is 41.2 Å². The summed E-state index contributed by atoms with van der Waals surface area (Å²) in [5.74, 6) is -1.51. The summed E-state index contributed by atoms with van der Waals surface area (Å²) in [6.45, 7) is 4.16. The van der Waals surface area contributed by atoms with Crippen molar-refractivity contribution in [3.05, 3.63) is 45.1 Å². The molecule has 1 fully saturated rings. The van der Waals surface area contributed by atoms with Gasteiger partial charge in [0, 0.05) is 18.8 Å². The highest BCUT2D eigenvalue weighted by Crippen LogP contribution is 2.37. The van der Waals surface area contributed by atoms with Crippen LogP contribution in [0.15, 0.2) is 30.3 Å². The van der Waals surface area contributed by atoms with E-state index in [1.54, 1.807) is 6.07 Å². The molecule has 3 amide bonds. The third-order valence-corrected chi connectivity index (χ3v) is 6.45. The normalized spacial score (nSPS) is 15.2. The summed E-state index contributed by atoms with van der Waals surface area (Å²) < 4.78 is 47.1. The fourth-order valence-corrected chi connectivity index (χ4v) is 4.37. The van der Waals surface area contributed by atoms with Gasteiger partial charge < -0.3 is 25.6 Å². The number of nitrogens with zero attached hydrogens (tertiary/aromatic N) is 1. The molecule has 1 aromatic carbocycles. The van der Waals surface area contributed by atoms with Gasteiger partial charge in [-0.1, -0.05) is 25.4 Å². The number of rotatable bonds is 9. The van der Waals surface area contributed by atoms with Crippen molar-refractivity contribution in [1.82, 2.24) is 10.6 Å². The van der Waals surface area contributed by atoms with Crippen LogP contribution >= 0.6 is 22.9 Å². The fraction of sp³-hybridized carbons (Fsp3) is 0.435. The molecular weight excluding hydrogens is 521 g/mol. The molecule has 1 aliphatic rings. The number of anilines is 2. The Kier molecular flexibility index (Phi) is 9.34. The minimum atomic E-state index is -4.79. The Balaban J connectivity index is 1.78. The van der Waals surface area contributed by atoms with Gasteiger partial charge >= 0.3 is 6.18 Å². The molecule has 1 saturated heterocycles. The van der Waals surface area contributed by atoms with Crippen LogP contribution in [0, 0.1) is 5.92 Å². The van der Waals surface area contributed by atoms with Crippen molar-refractivity contribution in [3.8, 4) is 0 Å². The van der Waals surface area contributed by atoms with Crippen LogP contribution in [0.1, 0.15) is 29.1 Å². The number of alkyl halides is 3. The molecule has 1 atom stereocenters. The summed E-state index contributed by atoms with van der Waals surface area (Å²) in [6.07, 6.45) is -4.79. The molecule has 13 heteroatoms. The van der Waals surface area contributed by atoms with Crippen molar-refractivity contribution in [2.75, 3.05) is 43.1 Å². The zero-order valence-corrected chi connectivity index (χ0v) is 21.1. The molecule has 1 aliphatic heterocycles. The van der Waals surface area contributed by atoms with E-state index in [1.165, 1.54) is 17.0 Å². The van der Waals surface area contributed by atoms with E-state index in [0.29, 0.717) is 15.8 Å². The number of amides is 3. The molecule has 196 valence electrons. The fourth-order valence-electron chi connectivity index (χ4n) is 3.41. The molecular formula is C23H26ClF3N4O4S. The van der Waals surface area contributed by atoms with Crippen LogP contribution in [-0.4, -0.2) is 56.6 Å². The second kappa shape index (κ2) is 12.0. The summed E-state index contributed by atoms with van der Waals surface area (Å²) in [5, 5.41) is 7.93. The minimum absolute atomic E-state index is 0.0602. The smallest absolute Gasteiger partial charge is 0.370 e. The van der Waals surface area contributed by atoms with Crippen LogP contribution in [0.25, 0.3) is 0 Å². The van der Waals surface area contributed by atoms with Crippen LogP contribution in [-0.2, 0) is 20.5 Å². The molecule has 0 aliphatic carbocycles. The standard InChI is InChI=1S/C23H26ClF3N4O4S/c1-13(2)10-28-17(11-29-22(34)18-5-6-19(24)36-18)21(33)30-16-4-3-14(9-15(16)23(25,26)27)31-7-8-35-12-20(31)32/h3-6,9,13,17,28H,7-8,10-12H2,1-2H3,(H,29,34)(H,30,33)/t17-/m1/s1. The number of morpholine rings is 1. The minimum Gasteiger partial charge on any atom is -0.370 e. The monoisotopic (exact) mass is 546 g/mol. The van der Waals surface area contributed by atoms with Crippen LogP contribution < -0.4 is 20.9 Å². The second-order valence-electron chi connectivity index (χ2n) is 8.48. The molecule has 3 rings (SSSR count). The maximum absolute atomic E-state index is 13.9. The first-order valence-corrected chi connectivity index (χ1v) is 12.3. The topological polar surface area (TPSA) is 99.8 Å². The second-order valence-corrected chi connectivity index (χ2v) is 10.2. The summed E-state index contributed by atoms with van der Waals surface area (Å²) >= 11 is 6.92. The average molecular weight is 547 g/mol. The van der Waals surface area contributed by atoms with E-state index in [-0.39, 0.29) is 37.9 Å². The molecule has 36 heavy (non-hydrogen) atoms. The van der Waals surface area contributed by atoms with Crippen LogP contribution in [0.2, 0.25) is 4.34 Å². The summed E-state index contributed by atoms with van der Waals surface area (Å²) in [7, 11) is 0. The third-order valence-electron chi connectivity index (χ3n) is 5.22. The maximum atomic E-state index is 13.9. The number of carbonyl (C=O) groups excluding carboxylic acids is 3. The summed E-state index contributed by atoms with van der Waals surface area (Å²) in [4.78, 5) is 39.0. The Morgan fingerprint density at radius 1 is 1.19 bits per heavy atom. The lowest BCUT2D eigenvalue weighted by Gasteiger charge is -2.28. The lowest BCUT2D eigenvalue weighted by Crippen LogP contribution is -2.49. The number of benzene rings is 1. The number of thiophene rings is 1. The highest BCUT2D eigenvalue weighted by atomic mass is 35.5. The first-order valence-electron chi connectivity index (χ1n) is 11.1. The van der Waals surface area contributed by atoms with E-state index in [9.17, 15) is 27.6 Å². The zero-order valence-electron chi connectivity index (χ0n) is 19.6. The van der Waals surface area contributed by atoms with Crippen LogP contribution in [0.4, 0.5) is 24.5 Å². The molecule has 0 radical (unpaired) electrons. The van der Waals surface area contributed by atoms with Gasteiger partial charge in [0.05, 0.1) is 27.1 Å². The maximum Gasteiger partial charge on any atom is 0.418 e. The number of nitrogens with one attached hydrogen (secondary N) is 3. The Morgan fingerprint density at radius 3 is 2.56 bits per heavy atom. The lowest BCUT2D eigenvalue weighted by atomic mass is 10.1. The van der Waals surface area contributed by atoms with E-state index in [0.717, 1.165) is 23.5 Å². The quantitative estimate of drug-likeness (QED) is 0.445. The van der Waals surface area contributed by atoms with Gasteiger partial charge in [0.15, 0.2) is 0 Å². The Bertz CT molecular complexity index is 1110. The molecule has 0 spiro atoms. The van der Waals surface area contributed by atoms with Crippen molar-refractivity contribution in [1.29, 1.82) is 0 Å². The predicted octanol–water partition coefficient (Wildman–Crippen LogP) is 3.77. The largest absolute Gasteiger partial charge is 0.418 e. The van der Waals surface area contributed by atoms with Crippen molar-refractivity contribution >= 4 is 52.0 Å². The Morgan fingerprint density at radius 2 is 1.94 bits per heavy atom. The molecule has 1 aromatic heterocycles. The molecule has 8 nitrogen and oxygen atoms in total. The predicted molar refractivity (Wildman–Crippen MR) is 132 cm³/mol. The van der Waals surface area contributed by atoms with Gasteiger partial charge in [0.25, 0.3) is 11.8 Å². The number of carbonyl (C=O) groups is 3. The van der Waals surface area contributed by atoms with Gasteiger partial charge in [-0.3, -0.25) is 14.4 Å². The summed E-state index contributed by atoms with van der Waals surface area (Å²) in [5.41, 5.74) is -1.48. The van der Waals surface area contributed by atoms with Crippen LogP contribution in [0.3, 0.4) is 0 Å². The highest BCUT2D eigenvalue weighted by Gasteiger charge is 2.36. The van der Waals surface area contributed by atoms with E-state index in [2.05, 4.69) is 16.0 Å². The van der Waals surface area contributed by atoms with E-state index in [4.69, 9.17) is 16.3 Å². The first kappa shape index (κ1) is 27.9. The van der Waals surface area contributed by atoms with Gasteiger partial charge in [-0.2, -0.15) is 13.2 Å². The molecule has 0 unspecified atom stereocenters. The van der Waals surface area contributed by atoms with Gasteiger partial charge in [-0.05, 0) is 42.8 Å². The third kappa shape index (κ3) is 7.42. The van der Waals surface area contributed by atoms with E-state index in [1.807, 2.05) is 13.8 Å². The zero-order chi connectivity index (χ0) is 26.5. The molecule has 2 heterocycles. The number of hydrogen-bond acceptors (Lipinski definition) is 6. The number of ether oxygens (including phenoxy) is 1.